The van der Waals surface area contributed by atoms with Crippen molar-refractivity contribution in [3.63, 3.8) is 0 Å². The molecule has 3 rings (SSSR count). The molecule has 0 saturated heterocycles. The standard InChI is InChI=1S/C19H17NO5/c1-2-3-4-16-18(19(22)12-5-8-14(21)9-6-12)15-10-7-13(20(23)24)11-17(15)25-16/h5-11,21H,2-4H2,1H3. The molecule has 1 aromatic heterocycles. The number of rotatable bonds is 6. The third kappa shape index (κ3) is 3.24. The minimum absolute atomic E-state index is 0.0769. The summed E-state index contributed by atoms with van der Waals surface area (Å²) in [6.07, 6.45) is 2.36. The van der Waals surface area contributed by atoms with Gasteiger partial charge in [0.15, 0.2) is 5.78 Å². The number of hydrogen-bond donors (Lipinski definition) is 1. The SMILES string of the molecule is CCCCc1oc2cc([N+](=O)[O-])ccc2c1C(=O)c1ccc(O)cc1. The van der Waals surface area contributed by atoms with Crippen LogP contribution in [-0.2, 0) is 6.42 Å². The molecule has 0 saturated carbocycles. The van der Waals surface area contributed by atoms with Gasteiger partial charge in [-0.25, -0.2) is 0 Å². The Labute approximate surface area is 143 Å². The van der Waals surface area contributed by atoms with Crippen LogP contribution in [0.1, 0.15) is 41.4 Å². The van der Waals surface area contributed by atoms with Crippen LogP contribution in [0.4, 0.5) is 5.69 Å². The monoisotopic (exact) mass is 339 g/mol. The first-order valence-corrected chi connectivity index (χ1v) is 8.04. The Morgan fingerprint density at radius 3 is 2.56 bits per heavy atom. The lowest BCUT2D eigenvalue weighted by Gasteiger charge is -2.03. The topological polar surface area (TPSA) is 93.6 Å². The summed E-state index contributed by atoms with van der Waals surface area (Å²) in [4.78, 5) is 23.4. The van der Waals surface area contributed by atoms with Gasteiger partial charge in [-0.3, -0.25) is 14.9 Å². The van der Waals surface area contributed by atoms with Crippen LogP contribution in [-0.4, -0.2) is 15.8 Å². The van der Waals surface area contributed by atoms with Crippen molar-refractivity contribution < 1.29 is 19.2 Å². The highest BCUT2D eigenvalue weighted by Gasteiger charge is 2.23. The Kier molecular flexibility index (Phi) is 4.52. The molecule has 3 aromatic rings. The van der Waals surface area contributed by atoms with E-state index in [0.29, 0.717) is 34.3 Å². The number of aryl methyl sites for hydroxylation is 1. The van der Waals surface area contributed by atoms with Crippen molar-refractivity contribution in [3.8, 4) is 5.75 Å². The summed E-state index contributed by atoms with van der Waals surface area (Å²) in [6.45, 7) is 2.04. The minimum Gasteiger partial charge on any atom is -0.508 e. The summed E-state index contributed by atoms with van der Waals surface area (Å²) < 4.78 is 5.78. The van der Waals surface area contributed by atoms with Crippen LogP contribution in [0.15, 0.2) is 46.9 Å². The highest BCUT2D eigenvalue weighted by Crippen LogP contribution is 2.32. The number of nitro groups is 1. The fourth-order valence-corrected chi connectivity index (χ4v) is 2.77. The van der Waals surface area contributed by atoms with E-state index in [1.807, 2.05) is 6.92 Å². The molecule has 0 aliphatic rings. The van der Waals surface area contributed by atoms with E-state index in [1.165, 1.54) is 24.3 Å². The minimum atomic E-state index is -0.491. The summed E-state index contributed by atoms with van der Waals surface area (Å²) in [5, 5.41) is 20.9. The lowest BCUT2D eigenvalue weighted by molar-refractivity contribution is -0.384. The number of hydrogen-bond acceptors (Lipinski definition) is 5. The van der Waals surface area contributed by atoms with Gasteiger partial charge in [-0.05, 0) is 36.8 Å². The summed E-state index contributed by atoms with van der Waals surface area (Å²) in [5.41, 5.74) is 1.12. The normalized spacial score (nSPS) is 10.9. The molecule has 6 heteroatoms. The van der Waals surface area contributed by atoms with Crippen LogP contribution < -0.4 is 0 Å². The van der Waals surface area contributed by atoms with Gasteiger partial charge in [-0.15, -0.1) is 0 Å². The molecular formula is C19H17NO5. The summed E-state index contributed by atoms with van der Waals surface area (Å²) in [5.74, 6) is 0.393. The van der Waals surface area contributed by atoms with Gasteiger partial charge in [0, 0.05) is 23.4 Å². The van der Waals surface area contributed by atoms with Gasteiger partial charge in [0.1, 0.15) is 17.1 Å². The van der Waals surface area contributed by atoms with Crippen LogP contribution in [0.3, 0.4) is 0 Å². The van der Waals surface area contributed by atoms with E-state index < -0.39 is 4.92 Å². The number of carbonyl (C=O) groups excluding carboxylic acids is 1. The van der Waals surface area contributed by atoms with Crippen LogP contribution in [0.2, 0.25) is 0 Å². The summed E-state index contributed by atoms with van der Waals surface area (Å²) in [6, 6.07) is 10.3. The molecule has 2 aromatic carbocycles. The van der Waals surface area contributed by atoms with E-state index in [1.54, 1.807) is 18.2 Å². The molecule has 0 radical (unpaired) electrons. The Hall–Kier alpha value is -3.15. The largest absolute Gasteiger partial charge is 0.508 e. The molecule has 128 valence electrons. The van der Waals surface area contributed by atoms with Gasteiger partial charge in [0.2, 0.25) is 0 Å². The van der Waals surface area contributed by atoms with Crippen LogP contribution in [0.5, 0.6) is 5.75 Å². The number of carbonyl (C=O) groups is 1. The van der Waals surface area contributed by atoms with E-state index in [2.05, 4.69) is 0 Å². The highest BCUT2D eigenvalue weighted by atomic mass is 16.6. The number of ketones is 1. The number of phenols is 1. The Balaban J connectivity index is 2.14. The second-order valence-electron chi connectivity index (χ2n) is 5.82. The van der Waals surface area contributed by atoms with Crippen molar-refractivity contribution >= 4 is 22.4 Å². The Morgan fingerprint density at radius 2 is 1.92 bits per heavy atom. The predicted molar refractivity (Wildman–Crippen MR) is 93.0 cm³/mol. The predicted octanol–water partition coefficient (Wildman–Crippen LogP) is 4.62. The molecule has 0 spiro atoms. The van der Waals surface area contributed by atoms with Crippen LogP contribution in [0.25, 0.3) is 11.0 Å². The molecule has 1 N–H and O–H groups in total. The fourth-order valence-electron chi connectivity index (χ4n) is 2.77. The van der Waals surface area contributed by atoms with Gasteiger partial charge < -0.3 is 9.52 Å². The third-order valence-corrected chi connectivity index (χ3v) is 4.07. The molecule has 6 nitrogen and oxygen atoms in total. The molecule has 0 aliphatic heterocycles. The Bertz CT molecular complexity index is 940. The zero-order chi connectivity index (χ0) is 18.0. The first kappa shape index (κ1) is 16.7. The first-order chi connectivity index (χ1) is 12.0. The smallest absolute Gasteiger partial charge is 0.273 e. The maximum Gasteiger partial charge on any atom is 0.273 e. The lowest BCUT2D eigenvalue weighted by atomic mass is 9.98. The number of nitrogens with zero attached hydrogens (tertiary/aromatic N) is 1. The van der Waals surface area contributed by atoms with E-state index in [0.717, 1.165) is 12.8 Å². The van der Waals surface area contributed by atoms with Gasteiger partial charge in [-0.2, -0.15) is 0 Å². The Morgan fingerprint density at radius 1 is 1.20 bits per heavy atom. The van der Waals surface area contributed by atoms with Crippen molar-refractivity contribution in [1.82, 2.24) is 0 Å². The fraction of sp³-hybridized carbons (Fsp3) is 0.211. The van der Waals surface area contributed by atoms with Crippen molar-refractivity contribution in [3.05, 3.63) is 69.5 Å². The number of phenolic OH excluding ortho intramolecular Hbond substituents is 1. The van der Waals surface area contributed by atoms with E-state index in [9.17, 15) is 20.0 Å². The van der Waals surface area contributed by atoms with Crippen LogP contribution >= 0.6 is 0 Å². The maximum absolute atomic E-state index is 13.0. The highest BCUT2D eigenvalue weighted by molar-refractivity contribution is 6.17. The zero-order valence-corrected chi connectivity index (χ0v) is 13.7. The molecule has 0 atom stereocenters. The molecule has 1 heterocycles. The van der Waals surface area contributed by atoms with Crippen LogP contribution in [0, 0.1) is 10.1 Å². The first-order valence-electron chi connectivity index (χ1n) is 8.04. The average Bonchev–Trinajstić information content (AvgIpc) is 2.97. The maximum atomic E-state index is 13.0. The van der Waals surface area contributed by atoms with E-state index in [-0.39, 0.29) is 17.2 Å². The molecule has 0 aliphatic carbocycles. The molecule has 0 bridgehead atoms. The number of benzene rings is 2. The average molecular weight is 339 g/mol. The third-order valence-electron chi connectivity index (χ3n) is 4.07. The van der Waals surface area contributed by atoms with Crippen molar-refractivity contribution in [2.45, 2.75) is 26.2 Å². The van der Waals surface area contributed by atoms with E-state index in [4.69, 9.17) is 4.42 Å². The molecule has 0 amide bonds. The number of nitro benzene ring substituents is 1. The molecule has 25 heavy (non-hydrogen) atoms. The molecule has 0 unspecified atom stereocenters. The number of fused-ring (bicyclic) bond motifs is 1. The van der Waals surface area contributed by atoms with Crippen molar-refractivity contribution in [2.24, 2.45) is 0 Å². The van der Waals surface area contributed by atoms with Gasteiger partial charge in [-0.1, -0.05) is 13.3 Å². The number of unbranched alkanes of at least 4 members (excludes halogenated alkanes) is 1. The van der Waals surface area contributed by atoms with E-state index >= 15 is 0 Å². The summed E-state index contributed by atoms with van der Waals surface area (Å²) in [7, 11) is 0. The number of non-ortho nitro benzene ring substituents is 1. The van der Waals surface area contributed by atoms with Crippen molar-refractivity contribution in [2.75, 3.05) is 0 Å². The number of furan rings is 1. The second-order valence-corrected chi connectivity index (χ2v) is 5.82. The zero-order valence-electron chi connectivity index (χ0n) is 13.7. The van der Waals surface area contributed by atoms with Gasteiger partial charge in [0.25, 0.3) is 5.69 Å². The van der Waals surface area contributed by atoms with Gasteiger partial charge >= 0.3 is 0 Å². The van der Waals surface area contributed by atoms with Gasteiger partial charge in [0.05, 0.1) is 16.6 Å². The molecule has 0 fully saturated rings. The van der Waals surface area contributed by atoms with Crippen molar-refractivity contribution in [1.29, 1.82) is 0 Å². The number of aromatic hydroxyl groups is 1. The lowest BCUT2D eigenvalue weighted by Crippen LogP contribution is -2.03. The summed E-state index contributed by atoms with van der Waals surface area (Å²) >= 11 is 0. The second kappa shape index (κ2) is 6.76. The quantitative estimate of drug-likeness (QED) is 0.402. The molecular weight excluding hydrogens is 322 g/mol.